The molecular formula is C23H26F3N3O4S. The van der Waals surface area contributed by atoms with E-state index < -0.39 is 32.9 Å². The van der Waals surface area contributed by atoms with Gasteiger partial charge in [0.05, 0.1) is 16.0 Å². The summed E-state index contributed by atoms with van der Waals surface area (Å²) >= 11 is 0. The lowest BCUT2D eigenvalue weighted by Gasteiger charge is -2.21. The van der Waals surface area contributed by atoms with Gasteiger partial charge in [-0.25, -0.2) is 17.8 Å². The first-order valence-electron chi connectivity index (χ1n) is 10.5. The minimum atomic E-state index is -3.71. The summed E-state index contributed by atoms with van der Waals surface area (Å²) in [4.78, 5) is 16.5. The molecule has 0 aliphatic heterocycles. The summed E-state index contributed by atoms with van der Waals surface area (Å²) in [5, 5.41) is 0.231. The first-order chi connectivity index (χ1) is 15.7. The number of halogens is 3. The van der Waals surface area contributed by atoms with Gasteiger partial charge in [-0.3, -0.25) is 9.52 Å². The van der Waals surface area contributed by atoms with Crippen LogP contribution in [-0.4, -0.2) is 35.6 Å². The number of ether oxygens (including phenoxy) is 1. The van der Waals surface area contributed by atoms with E-state index in [1.54, 1.807) is 38.3 Å². The molecule has 0 fully saturated rings. The predicted molar refractivity (Wildman–Crippen MR) is 125 cm³/mol. The number of hydrogen-bond donors (Lipinski definition) is 1. The molecule has 3 rings (SSSR count). The van der Waals surface area contributed by atoms with Gasteiger partial charge in [-0.05, 0) is 59.7 Å². The molecule has 34 heavy (non-hydrogen) atoms. The highest BCUT2D eigenvalue weighted by Crippen LogP contribution is 2.39. The van der Waals surface area contributed by atoms with E-state index in [0.29, 0.717) is 28.8 Å². The molecule has 1 aromatic carbocycles. The second-order valence-electron chi connectivity index (χ2n) is 9.07. The molecule has 2 heterocycles. The van der Waals surface area contributed by atoms with Crippen LogP contribution in [0.15, 0.2) is 24.3 Å². The third kappa shape index (κ3) is 4.61. The van der Waals surface area contributed by atoms with E-state index in [9.17, 15) is 26.4 Å². The molecule has 0 spiro atoms. The molecule has 0 atom stereocenters. The monoisotopic (exact) mass is 497 g/mol. The third-order valence-electron chi connectivity index (χ3n) is 5.33. The number of fused-ring (bicyclic) bond motifs is 1. The zero-order valence-corrected chi connectivity index (χ0v) is 20.4. The Hall–Kier alpha value is -3.08. The molecule has 2 aromatic heterocycles. The summed E-state index contributed by atoms with van der Waals surface area (Å²) < 4.78 is 72.3. The molecule has 7 nitrogen and oxygen atoms in total. The van der Waals surface area contributed by atoms with Gasteiger partial charge in [0.25, 0.3) is 0 Å². The van der Waals surface area contributed by atoms with Crippen molar-refractivity contribution < 1.29 is 31.1 Å². The van der Waals surface area contributed by atoms with Gasteiger partial charge in [0, 0.05) is 34.3 Å². The van der Waals surface area contributed by atoms with Gasteiger partial charge in [0.1, 0.15) is 5.82 Å². The molecule has 0 radical (unpaired) electrons. The van der Waals surface area contributed by atoms with Crippen LogP contribution in [0.3, 0.4) is 0 Å². The molecular weight excluding hydrogens is 471 g/mol. The summed E-state index contributed by atoms with van der Waals surface area (Å²) in [6, 6.07) is 4.95. The third-order valence-corrected chi connectivity index (χ3v) is 7.42. The van der Waals surface area contributed by atoms with Gasteiger partial charge in [-0.1, -0.05) is 0 Å². The van der Waals surface area contributed by atoms with Gasteiger partial charge in [0.15, 0.2) is 17.9 Å². The Morgan fingerprint density at radius 2 is 1.82 bits per heavy atom. The fourth-order valence-corrected chi connectivity index (χ4v) is 4.31. The Labute approximate surface area is 196 Å². The maximum absolute atomic E-state index is 14.5. The SMILES string of the molecule is Cc1nc(NS(=O)(=O)C(C)(C)C)ccc1-c1c(C=O)c2cc(F)c(OC(F)F)cc2n1C(C)C. The number of aldehydes is 1. The van der Waals surface area contributed by atoms with Crippen molar-refractivity contribution in [2.75, 3.05) is 4.72 Å². The first-order valence-corrected chi connectivity index (χ1v) is 11.9. The fraction of sp³-hybridized carbons (Fsp3) is 0.391. The largest absolute Gasteiger partial charge is 0.432 e. The average Bonchev–Trinajstić information content (AvgIpc) is 2.99. The van der Waals surface area contributed by atoms with Crippen molar-refractivity contribution in [1.82, 2.24) is 9.55 Å². The van der Waals surface area contributed by atoms with Crippen molar-refractivity contribution in [2.45, 2.75) is 58.9 Å². The van der Waals surface area contributed by atoms with Crippen molar-refractivity contribution in [3.8, 4) is 17.0 Å². The number of sulfonamides is 1. The molecule has 0 unspecified atom stereocenters. The molecule has 0 bridgehead atoms. The van der Waals surface area contributed by atoms with Crippen molar-refractivity contribution in [1.29, 1.82) is 0 Å². The van der Waals surface area contributed by atoms with Crippen LogP contribution >= 0.6 is 0 Å². The lowest BCUT2D eigenvalue weighted by molar-refractivity contribution is -0.0521. The van der Waals surface area contributed by atoms with Gasteiger partial charge in [-0.15, -0.1) is 0 Å². The number of nitrogens with zero attached hydrogens (tertiary/aromatic N) is 2. The first kappa shape index (κ1) is 25.5. The van der Waals surface area contributed by atoms with Crippen LogP contribution in [0.25, 0.3) is 22.2 Å². The standard InChI is InChI=1S/C23H26F3N3O4S/c1-12(2)29-18-10-19(33-22(25)26)17(24)9-15(18)16(11-30)21(29)14-7-8-20(27-13(14)3)28-34(31,32)23(4,5)6/h7-12,22H,1-6H3,(H,27,28). The van der Waals surface area contributed by atoms with E-state index in [1.807, 2.05) is 13.8 Å². The van der Waals surface area contributed by atoms with Crippen molar-refractivity contribution >= 4 is 33.0 Å². The number of aromatic nitrogens is 2. The van der Waals surface area contributed by atoms with E-state index in [4.69, 9.17) is 0 Å². The summed E-state index contributed by atoms with van der Waals surface area (Å²) in [5.74, 6) is -1.55. The highest BCUT2D eigenvalue weighted by atomic mass is 32.2. The van der Waals surface area contributed by atoms with E-state index in [-0.39, 0.29) is 22.8 Å². The zero-order chi connectivity index (χ0) is 25.6. The van der Waals surface area contributed by atoms with Crippen LogP contribution in [0.4, 0.5) is 19.0 Å². The number of aryl methyl sites for hydroxylation is 1. The highest BCUT2D eigenvalue weighted by molar-refractivity contribution is 7.94. The number of hydrogen-bond acceptors (Lipinski definition) is 5. The average molecular weight is 498 g/mol. The van der Waals surface area contributed by atoms with Crippen LogP contribution in [-0.2, 0) is 10.0 Å². The van der Waals surface area contributed by atoms with E-state index in [1.165, 1.54) is 6.07 Å². The summed E-state index contributed by atoms with van der Waals surface area (Å²) in [6.07, 6.45) is 0.569. The quantitative estimate of drug-likeness (QED) is 0.424. The molecule has 1 N–H and O–H groups in total. The van der Waals surface area contributed by atoms with Crippen LogP contribution in [0.5, 0.6) is 5.75 Å². The summed E-state index contributed by atoms with van der Waals surface area (Å²) in [6.45, 7) is 6.74. The number of carbonyl (C=O) groups is 1. The van der Waals surface area contributed by atoms with Crippen molar-refractivity contribution in [3.05, 3.63) is 41.3 Å². The Morgan fingerprint density at radius 1 is 1.18 bits per heavy atom. The number of alkyl halides is 2. The molecule has 3 aromatic rings. The topological polar surface area (TPSA) is 90.3 Å². The number of anilines is 1. The van der Waals surface area contributed by atoms with Gasteiger partial charge >= 0.3 is 6.61 Å². The van der Waals surface area contributed by atoms with Crippen molar-refractivity contribution in [3.63, 3.8) is 0 Å². The molecule has 11 heteroatoms. The highest BCUT2D eigenvalue weighted by Gasteiger charge is 2.30. The zero-order valence-electron chi connectivity index (χ0n) is 19.6. The lowest BCUT2D eigenvalue weighted by atomic mass is 10.0. The molecule has 0 aliphatic rings. The van der Waals surface area contributed by atoms with Gasteiger partial charge in [-0.2, -0.15) is 8.78 Å². The summed E-state index contributed by atoms with van der Waals surface area (Å²) in [5.41, 5.74) is 1.80. The Bertz CT molecular complexity index is 1360. The minimum absolute atomic E-state index is 0.106. The number of carbonyl (C=O) groups excluding carboxylic acids is 1. The Kier molecular flexibility index (Phi) is 6.71. The molecule has 184 valence electrons. The second-order valence-corrected chi connectivity index (χ2v) is 11.5. The van der Waals surface area contributed by atoms with E-state index in [0.717, 1.165) is 12.1 Å². The Morgan fingerprint density at radius 3 is 2.32 bits per heavy atom. The normalized spacial score (nSPS) is 12.6. The smallest absolute Gasteiger partial charge is 0.387 e. The van der Waals surface area contributed by atoms with Gasteiger partial charge in [0.2, 0.25) is 10.0 Å². The van der Waals surface area contributed by atoms with Crippen molar-refractivity contribution in [2.24, 2.45) is 0 Å². The molecule has 0 saturated heterocycles. The fourth-order valence-electron chi connectivity index (χ4n) is 3.61. The molecule has 0 amide bonds. The van der Waals surface area contributed by atoms with E-state index >= 15 is 0 Å². The maximum Gasteiger partial charge on any atom is 0.387 e. The minimum Gasteiger partial charge on any atom is -0.432 e. The van der Waals surface area contributed by atoms with Gasteiger partial charge < -0.3 is 9.30 Å². The molecule has 0 saturated carbocycles. The number of pyridine rings is 1. The summed E-state index contributed by atoms with van der Waals surface area (Å²) in [7, 11) is -3.71. The Balaban J connectivity index is 2.25. The lowest BCUT2D eigenvalue weighted by Crippen LogP contribution is -2.34. The molecule has 0 aliphatic carbocycles. The van der Waals surface area contributed by atoms with Crippen LogP contribution in [0.1, 0.15) is 56.7 Å². The number of nitrogens with one attached hydrogen (secondary N) is 1. The number of rotatable bonds is 7. The van der Waals surface area contributed by atoms with Crippen LogP contribution in [0.2, 0.25) is 0 Å². The predicted octanol–water partition coefficient (Wildman–Crippen LogP) is 5.69. The van der Waals surface area contributed by atoms with Crippen LogP contribution < -0.4 is 9.46 Å². The maximum atomic E-state index is 14.5. The van der Waals surface area contributed by atoms with E-state index in [2.05, 4.69) is 14.4 Å². The number of benzene rings is 1. The van der Waals surface area contributed by atoms with Crippen LogP contribution in [0, 0.1) is 12.7 Å². The second kappa shape index (κ2) is 8.94.